The van der Waals surface area contributed by atoms with Crippen LogP contribution in [0, 0.1) is 17.0 Å². The SMILES string of the molecule is Cc1nn(C2CC(n3cccn3)C2)cc1[N+](=O)[O-]. The second-order valence-electron chi connectivity index (χ2n) is 4.60. The topological polar surface area (TPSA) is 78.8 Å². The minimum Gasteiger partial charge on any atom is -0.270 e. The predicted octanol–water partition coefficient (Wildman–Crippen LogP) is 1.87. The number of aromatic nitrogens is 4. The fraction of sp³-hybridized carbons (Fsp3) is 0.455. The molecule has 2 aromatic heterocycles. The van der Waals surface area contributed by atoms with Crippen molar-refractivity contribution >= 4 is 5.69 Å². The van der Waals surface area contributed by atoms with Crippen molar-refractivity contribution < 1.29 is 4.92 Å². The third kappa shape index (κ3) is 1.68. The van der Waals surface area contributed by atoms with E-state index >= 15 is 0 Å². The Kier molecular flexibility index (Phi) is 2.39. The van der Waals surface area contributed by atoms with Crippen LogP contribution in [0.1, 0.15) is 30.6 Å². The molecule has 2 heterocycles. The molecule has 94 valence electrons. The van der Waals surface area contributed by atoms with Crippen LogP contribution in [-0.4, -0.2) is 24.5 Å². The van der Waals surface area contributed by atoms with E-state index in [0.29, 0.717) is 11.7 Å². The minimum absolute atomic E-state index is 0.0949. The van der Waals surface area contributed by atoms with Crippen molar-refractivity contribution in [3.8, 4) is 0 Å². The van der Waals surface area contributed by atoms with Crippen molar-refractivity contribution in [1.82, 2.24) is 19.6 Å². The van der Waals surface area contributed by atoms with Crippen LogP contribution in [-0.2, 0) is 0 Å². The third-order valence-electron chi connectivity index (χ3n) is 3.45. The van der Waals surface area contributed by atoms with Crippen molar-refractivity contribution in [3.63, 3.8) is 0 Å². The number of nitrogens with zero attached hydrogens (tertiary/aromatic N) is 5. The standard InChI is InChI=1S/C11H13N5O2/c1-8-11(16(17)18)7-15(13-8)10-5-9(6-10)14-4-2-3-12-14/h2-4,7,9-10H,5-6H2,1H3. The van der Waals surface area contributed by atoms with Crippen LogP contribution >= 0.6 is 0 Å². The molecule has 0 spiro atoms. The summed E-state index contributed by atoms with van der Waals surface area (Å²) in [5.74, 6) is 0. The van der Waals surface area contributed by atoms with Gasteiger partial charge in [-0.1, -0.05) is 0 Å². The first-order valence-electron chi connectivity index (χ1n) is 5.84. The lowest BCUT2D eigenvalue weighted by Crippen LogP contribution is -2.29. The first-order valence-corrected chi connectivity index (χ1v) is 5.84. The number of hydrogen-bond acceptors (Lipinski definition) is 4. The predicted molar refractivity (Wildman–Crippen MR) is 63.2 cm³/mol. The molecule has 0 unspecified atom stereocenters. The van der Waals surface area contributed by atoms with Crippen molar-refractivity contribution in [2.75, 3.05) is 0 Å². The lowest BCUT2D eigenvalue weighted by atomic mass is 9.87. The van der Waals surface area contributed by atoms with Gasteiger partial charge in [0.05, 0.1) is 17.0 Å². The second-order valence-corrected chi connectivity index (χ2v) is 4.60. The molecule has 0 N–H and O–H groups in total. The van der Waals surface area contributed by atoms with Crippen molar-refractivity contribution in [2.45, 2.75) is 31.8 Å². The molecule has 7 nitrogen and oxygen atoms in total. The maximum Gasteiger partial charge on any atom is 0.309 e. The van der Waals surface area contributed by atoms with E-state index in [4.69, 9.17) is 0 Å². The Morgan fingerprint density at radius 1 is 1.39 bits per heavy atom. The fourth-order valence-corrected chi connectivity index (χ4v) is 2.33. The molecule has 18 heavy (non-hydrogen) atoms. The molecule has 0 atom stereocenters. The summed E-state index contributed by atoms with van der Waals surface area (Å²) in [5, 5.41) is 19.2. The molecule has 0 saturated heterocycles. The van der Waals surface area contributed by atoms with E-state index in [1.165, 1.54) is 6.20 Å². The molecule has 1 aliphatic rings. The Balaban J connectivity index is 1.72. The molecule has 0 radical (unpaired) electrons. The van der Waals surface area contributed by atoms with Crippen molar-refractivity contribution in [2.24, 2.45) is 0 Å². The number of aryl methyl sites for hydroxylation is 1. The monoisotopic (exact) mass is 247 g/mol. The van der Waals surface area contributed by atoms with Crippen LogP contribution in [0.3, 0.4) is 0 Å². The summed E-state index contributed by atoms with van der Waals surface area (Å²) < 4.78 is 3.65. The molecule has 2 aromatic rings. The number of hydrogen-bond donors (Lipinski definition) is 0. The maximum atomic E-state index is 10.8. The van der Waals surface area contributed by atoms with Crippen LogP contribution in [0.5, 0.6) is 0 Å². The van der Waals surface area contributed by atoms with Gasteiger partial charge in [0.15, 0.2) is 0 Å². The van der Waals surface area contributed by atoms with Gasteiger partial charge in [-0.05, 0) is 25.8 Å². The van der Waals surface area contributed by atoms with Crippen molar-refractivity contribution in [1.29, 1.82) is 0 Å². The van der Waals surface area contributed by atoms with Gasteiger partial charge in [-0.2, -0.15) is 10.2 Å². The molecule has 7 heteroatoms. The number of nitro groups is 1. The summed E-state index contributed by atoms with van der Waals surface area (Å²) in [4.78, 5) is 10.4. The zero-order valence-electron chi connectivity index (χ0n) is 9.93. The van der Waals surface area contributed by atoms with Crippen LogP contribution < -0.4 is 0 Å². The van der Waals surface area contributed by atoms with E-state index in [-0.39, 0.29) is 16.7 Å². The third-order valence-corrected chi connectivity index (χ3v) is 3.45. The van der Waals surface area contributed by atoms with Gasteiger partial charge in [0.25, 0.3) is 0 Å². The van der Waals surface area contributed by atoms with E-state index in [1.807, 2.05) is 16.9 Å². The van der Waals surface area contributed by atoms with E-state index in [9.17, 15) is 10.1 Å². The second kappa shape index (κ2) is 3.94. The van der Waals surface area contributed by atoms with Gasteiger partial charge >= 0.3 is 5.69 Å². The van der Waals surface area contributed by atoms with E-state index < -0.39 is 0 Å². The maximum absolute atomic E-state index is 10.8. The molecular formula is C11H13N5O2. The zero-order chi connectivity index (χ0) is 12.7. The molecule has 0 amide bonds. The molecule has 0 aromatic carbocycles. The lowest BCUT2D eigenvalue weighted by Gasteiger charge is -2.35. The number of rotatable bonds is 3. The Hall–Kier alpha value is -2.18. The summed E-state index contributed by atoms with van der Waals surface area (Å²) in [6.45, 7) is 1.66. The summed E-state index contributed by atoms with van der Waals surface area (Å²) in [6.07, 6.45) is 7.06. The quantitative estimate of drug-likeness (QED) is 0.612. The van der Waals surface area contributed by atoms with Gasteiger partial charge in [-0.3, -0.25) is 19.5 Å². The first kappa shape index (κ1) is 10.9. The molecule has 3 rings (SSSR count). The molecule has 1 saturated carbocycles. The van der Waals surface area contributed by atoms with Gasteiger partial charge in [0, 0.05) is 12.4 Å². The van der Waals surface area contributed by atoms with Crippen LogP contribution in [0.4, 0.5) is 5.69 Å². The lowest BCUT2D eigenvalue weighted by molar-refractivity contribution is -0.385. The van der Waals surface area contributed by atoms with Crippen LogP contribution in [0.25, 0.3) is 0 Å². The molecule has 1 fully saturated rings. The first-order chi connectivity index (χ1) is 8.65. The van der Waals surface area contributed by atoms with Gasteiger partial charge in [0.1, 0.15) is 11.9 Å². The zero-order valence-corrected chi connectivity index (χ0v) is 9.93. The summed E-state index contributed by atoms with van der Waals surface area (Å²) in [7, 11) is 0. The highest BCUT2D eigenvalue weighted by Crippen LogP contribution is 2.41. The Labute approximate surface area is 103 Å². The fourth-order valence-electron chi connectivity index (χ4n) is 2.33. The smallest absolute Gasteiger partial charge is 0.270 e. The van der Waals surface area contributed by atoms with Crippen LogP contribution in [0.15, 0.2) is 24.7 Å². The highest BCUT2D eigenvalue weighted by atomic mass is 16.6. The van der Waals surface area contributed by atoms with Gasteiger partial charge < -0.3 is 0 Å². The molecule has 1 aliphatic carbocycles. The average Bonchev–Trinajstić information content (AvgIpc) is 2.86. The van der Waals surface area contributed by atoms with Gasteiger partial charge in [0.2, 0.25) is 0 Å². The highest BCUT2D eigenvalue weighted by molar-refractivity contribution is 5.31. The van der Waals surface area contributed by atoms with Gasteiger partial charge in [-0.25, -0.2) is 0 Å². The van der Waals surface area contributed by atoms with E-state index in [2.05, 4.69) is 10.2 Å². The molecule has 0 bridgehead atoms. The Morgan fingerprint density at radius 3 is 2.67 bits per heavy atom. The Bertz CT molecular complexity index is 568. The summed E-state index contributed by atoms with van der Waals surface area (Å²) in [6, 6.07) is 2.52. The Morgan fingerprint density at radius 2 is 2.11 bits per heavy atom. The van der Waals surface area contributed by atoms with E-state index in [1.54, 1.807) is 17.8 Å². The largest absolute Gasteiger partial charge is 0.309 e. The highest BCUT2D eigenvalue weighted by Gasteiger charge is 2.34. The normalized spacial score (nSPS) is 22.7. The van der Waals surface area contributed by atoms with E-state index in [0.717, 1.165) is 12.8 Å². The minimum atomic E-state index is -0.386. The average molecular weight is 247 g/mol. The summed E-state index contributed by atoms with van der Waals surface area (Å²) >= 11 is 0. The molecule has 0 aliphatic heterocycles. The summed E-state index contributed by atoms with van der Waals surface area (Å²) in [5.41, 5.74) is 0.570. The molecular weight excluding hydrogens is 234 g/mol. The van der Waals surface area contributed by atoms with Crippen molar-refractivity contribution in [3.05, 3.63) is 40.5 Å². The van der Waals surface area contributed by atoms with Gasteiger partial charge in [-0.15, -0.1) is 0 Å². The van der Waals surface area contributed by atoms with Crippen LogP contribution in [0.2, 0.25) is 0 Å².